The molecule has 2 atom stereocenters. The van der Waals surface area contributed by atoms with Gasteiger partial charge in [-0.3, -0.25) is 0 Å². The number of methoxy groups -OCH3 is 1. The van der Waals surface area contributed by atoms with Crippen molar-refractivity contribution in [2.45, 2.75) is 49.1 Å². The van der Waals surface area contributed by atoms with E-state index >= 15 is 0 Å². The van der Waals surface area contributed by atoms with Gasteiger partial charge in [-0.25, -0.2) is 18.1 Å². The number of ether oxygens (including phenoxy) is 1. The topological polar surface area (TPSA) is 94.3 Å². The van der Waals surface area contributed by atoms with Crippen LogP contribution in [0.25, 0.3) is 0 Å². The van der Waals surface area contributed by atoms with E-state index in [4.69, 9.17) is 10.5 Å². The standard InChI is InChI=1S/C15H23N3O3S.ClH/c1-21-14-6-5-13(9-17-14)22(19,20)18-15-10-3-2-4-11(15)8-12(16)7-10;/h5-6,9-12,15,18H,2-4,7-8,16H2,1H3;1H. The molecular weight excluding hydrogens is 338 g/mol. The summed E-state index contributed by atoms with van der Waals surface area (Å²) >= 11 is 0. The Kier molecular flexibility index (Phi) is 5.89. The number of pyridine rings is 1. The van der Waals surface area contributed by atoms with E-state index in [0.717, 1.165) is 25.7 Å². The van der Waals surface area contributed by atoms with Crippen LogP contribution in [0.15, 0.2) is 23.2 Å². The molecule has 2 unspecified atom stereocenters. The Hall–Kier alpha value is -0.890. The van der Waals surface area contributed by atoms with Gasteiger partial charge in [0, 0.05) is 18.2 Å². The lowest BCUT2D eigenvalue weighted by atomic mass is 9.67. The fourth-order valence-electron chi connectivity index (χ4n) is 3.88. The van der Waals surface area contributed by atoms with E-state index < -0.39 is 10.0 Å². The quantitative estimate of drug-likeness (QED) is 0.851. The maximum Gasteiger partial charge on any atom is 0.242 e. The lowest BCUT2D eigenvalue weighted by Crippen LogP contribution is -2.53. The fraction of sp³-hybridized carbons (Fsp3) is 0.667. The van der Waals surface area contributed by atoms with Crippen LogP contribution in [0.4, 0.5) is 0 Å². The molecule has 2 aliphatic carbocycles. The Morgan fingerprint density at radius 2 is 1.91 bits per heavy atom. The molecule has 3 N–H and O–H groups in total. The van der Waals surface area contributed by atoms with Crippen LogP contribution in [0, 0.1) is 11.8 Å². The molecule has 3 rings (SSSR count). The molecule has 2 bridgehead atoms. The second-order valence-electron chi connectivity index (χ2n) is 6.37. The van der Waals surface area contributed by atoms with E-state index in [9.17, 15) is 8.42 Å². The van der Waals surface area contributed by atoms with Gasteiger partial charge in [0.1, 0.15) is 4.90 Å². The zero-order valence-corrected chi connectivity index (χ0v) is 14.8. The molecule has 0 aliphatic heterocycles. The number of nitrogens with one attached hydrogen (secondary N) is 1. The zero-order chi connectivity index (χ0) is 15.7. The van der Waals surface area contributed by atoms with Crippen molar-refractivity contribution in [3.05, 3.63) is 18.3 Å². The highest BCUT2D eigenvalue weighted by Crippen LogP contribution is 2.40. The minimum absolute atomic E-state index is 0. The minimum Gasteiger partial charge on any atom is -0.481 e. The van der Waals surface area contributed by atoms with Crippen molar-refractivity contribution in [2.24, 2.45) is 17.6 Å². The van der Waals surface area contributed by atoms with E-state index in [1.165, 1.54) is 25.8 Å². The molecule has 2 fully saturated rings. The Morgan fingerprint density at radius 1 is 1.26 bits per heavy atom. The number of nitrogens with two attached hydrogens (primary N) is 1. The first-order valence-electron chi connectivity index (χ1n) is 7.77. The van der Waals surface area contributed by atoms with Gasteiger partial charge in [0.15, 0.2) is 0 Å². The Bertz CT molecular complexity index is 609. The molecule has 0 saturated heterocycles. The molecule has 2 aliphatic rings. The van der Waals surface area contributed by atoms with E-state index in [-0.39, 0.29) is 29.4 Å². The third-order valence-electron chi connectivity index (χ3n) is 4.90. The number of fused-ring (bicyclic) bond motifs is 2. The largest absolute Gasteiger partial charge is 0.481 e. The third kappa shape index (κ3) is 3.96. The molecule has 0 amide bonds. The average molecular weight is 362 g/mol. The van der Waals surface area contributed by atoms with Crippen LogP contribution in [0.5, 0.6) is 5.88 Å². The lowest BCUT2D eigenvalue weighted by Gasteiger charge is -2.44. The number of hydrogen-bond donors (Lipinski definition) is 2. The van der Waals surface area contributed by atoms with Gasteiger partial charge in [-0.15, -0.1) is 12.4 Å². The van der Waals surface area contributed by atoms with Gasteiger partial charge in [-0.05, 0) is 43.6 Å². The van der Waals surface area contributed by atoms with Gasteiger partial charge in [0.25, 0.3) is 0 Å². The second kappa shape index (κ2) is 7.34. The van der Waals surface area contributed by atoms with E-state index in [0.29, 0.717) is 17.7 Å². The second-order valence-corrected chi connectivity index (χ2v) is 8.08. The zero-order valence-electron chi connectivity index (χ0n) is 13.1. The molecule has 6 nitrogen and oxygen atoms in total. The summed E-state index contributed by atoms with van der Waals surface area (Å²) < 4.78 is 33.1. The van der Waals surface area contributed by atoms with Crippen molar-refractivity contribution in [2.75, 3.05) is 7.11 Å². The first kappa shape index (κ1) is 18.4. The van der Waals surface area contributed by atoms with Crippen molar-refractivity contribution in [3.63, 3.8) is 0 Å². The highest BCUT2D eigenvalue weighted by atomic mass is 35.5. The van der Waals surface area contributed by atoms with Crippen LogP contribution in [0.3, 0.4) is 0 Å². The van der Waals surface area contributed by atoms with Crippen LogP contribution in [0.2, 0.25) is 0 Å². The summed E-state index contributed by atoms with van der Waals surface area (Å²) in [5.74, 6) is 1.10. The van der Waals surface area contributed by atoms with Gasteiger partial charge in [-0.2, -0.15) is 0 Å². The Balaban J connectivity index is 0.00000192. The minimum atomic E-state index is -3.55. The summed E-state index contributed by atoms with van der Waals surface area (Å²) in [4.78, 5) is 4.16. The van der Waals surface area contributed by atoms with Gasteiger partial charge in [-0.1, -0.05) is 6.42 Å². The Labute approximate surface area is 143 Å². The number of aromatic nitrogens is 1. The molecule has 0 aromatic carbocycles. The van der Waals surface area contributed by atoms with E-state index in [2.05, 4.69) is 9.71 Å². The summed E-state index contributed by atoms with van der Waals surface area (Å²) in [6.07, 6.45) is 6.43. The molecule has 1 aromatic rings. The van der Waals surface area contributed by atoms with Crippen LogP contribution in [0.1, 0.15) is 32.1 Å². The van der Waals surface area contributed by atoms with Crippen molar-refractivity contribution in [1.82, 2.24) is 9.71 Å². The number of halogens is 1. The van der Waals surface area contributed by atoms with Crippen LogP contribution in [-0.4, -0.2) is 32.6 Å². The van der Waals surface area contributed by atoms with E-state index in [1.807, 2.05) is 0 Å². The van der Waals surface area contributed by atoms with Gasteiger partial charge in [0.05, 0.1) is 13.3 Å². The lowest BCUT2D eigenvalue weighted by molar-refractivity contribution is 0.125. The molecule has 0 radical (unpaired) electrons. The maximum atomic E-state index is 12.6. The van der Waals surface area contributed by atoms with Crippen LogP contribution >= 0.6 is 12.4 Å². The van der Waals surface area contributed by atoms with Crippen molar-refractivity contribution in [3.8, 4) is 5.88 Å². The molecule has 130 valence electrons. The summed E-state index contributed by atoms with van der Waals surface area (Å²) in [6, 6.07) is 3.30. The first-order valence-corrected chi connectivity index (χ1v) is 9.26. The predicted molar refractivity (Wildman–Crippen MR) is 90.2 cm³/mol. The van der Waals surface area contributed by atoms with Gasteiger partial charge < -0.3 is 10.5 Å². The number of sulfonamides is 1. The van der Waals surface area contributed by atoms with Crippen LogP contribution in [-0.2, 0) is 10.0 Å². The monoisotopic (exact) mass is 361 g/mol. The maximum absolute atomic E-state index is 12.6. The van der Waals surface area contributed by atoms with Crippen molar-refractivity contribution < 1.29 is 13.2 Å². The summed E-state index contributed by atoms with van der Waals surface area (Å²) in [5.41, 5.74) is 6.09. The molecule has 23 heavy (non-hydrogen) atoms. The fourth-order valence-corrected chi connectivity index (χ4v) is 5.19. The molecule has 0 spiro atoms. The van der Waals surface area contributed by atoms with Crippen LogP contribution < -0.4 is 15.2 Å². The SMILES string of the molecule is COc1ccc(S(=O)(=O)NC2C3CCCC2CC(N)C3)cn1.Cl. The highest BCUT2D eigenvalue weighted by Gasteiger charge is 2.41. The number of hydrogen-bond acceptors (Lipinski definition) is 5. The predicted octanol–water partition coefficient (Wildman–Crippen LogP) is 1.70. The Morgan fingerprint density at radius 3 is 2.43 bits per heavy atom. The van der Waals surface area contributed by atoms with Crippen molar-refractivity contribution >= 4 is 22.4 Å². The van der Waals surface area contributed by atoms with Gasteiger partial charge >= 0.3 is 0 Å². The molecule has 1 aromatic heterocycles. The number of rotatable bonds is 4. The summed E-state index contributed by atoms with van der Waals surface area (Å²) in [5, 5.41) is 0. The molecule has 1 heterocycles. The molecular formula is C15H24ClN3O3S. The first-order chi connectivity index (χ1) is 10.5. The van der Waals surface area contributed by atoms with Gasteiger partial charge in [0.2, 0.25) is 15.9 Å². The average Bonchev–Trinajstić information content (AvgIpc) is 2.48. The normalized spacial score (nSPS) is 30.3. The summed E-state index contributed by atoms with van der Waals surface area (Å²) in [7, 11) is -2.05. The molecule has 2 saturated carbocycles. The van der Waals surface area contributed by atoms with E-state index in [1.54, 1.807) is 6.07 Å². The summed E-state index contributed by atoms with van der Waals surface area (Å²) in [6.45, 7) is 0. The smallest absolute Gasteiger partial charge is 0.242 e. The highest BCUT2D eigenvalue weighted by molar-refractivity contribution is 7.89. The third-order valence-corrected chi connectivity index (χ3v) is 6.34. The molecule has 8 heteroatoms. The number of nitrogens with zero attached hydrogens (tertiary/aromatic N) is 1. The van der Waals surface area contributed by atoms with Crippen molar-refractivity contribution in [1.29, 1.82) is 0 Å².